The summed E-state index contributed by atoms with van der Waals surface area (Å²) in [5.41, 5.74) is 2.47. The normalized spacial score (nSPS) is 17.3. The lowest BCUT2D eigenvalue weighted by Gasteiger charge is -2.32. The summed E-state index contributed by atoms with van der Waals surface area (Å²) in [6, 6.07) is 8.58. The smallest absolute Gasteiger partial charge is 0.276 e. The maximum atomic E-state index is 11.4. The molecule has 0 bridgehead atoms. The molecular formula is C17H24N4O2S2. The fourth-order valence-corrected chi connectivity index (χ4v) is 4.52. The van der Waals surface area contributed by atoms with Crippen LogP contribution in [0.15, 0.2) is 30.5 Å². The minimum Gasteiger partial charge on any atom is -0.296 e. The van der Waals surface area contributed by atoms with E-state index in [0.29, 0.717) is 32.1 Å². The summed E-state index contributed by atoms with van der Waals surface area (Å²) in [6.45, 7) is 7.43. The molecule has 1 fully saturated rings. The monoisotopic (exact) mass is 380 g/mol. The second-order valence-corrected chi connectivity index (χ2v) is 9.29. The lowest BCUT2D eigenvalue weighted by molar-refractivity contribution is 0.183. The molecule has 1 aliphatic heterocycles. The van der Waals surface area contributed by atoms with E-state index in [1.54, 1.807) is 11.3 Å². The van der Waals surface area contributed by atoms with Crippen molar-refractivity contribution in [3.63, 3.8) is 0 Å². The molecule has 6 nitrogen and oxygen atoms in total. The van der Waals surface area contributed by atoms with Gasteiger partial charge in [0.05, 0.1) is 0 Å². The fourth-order valence-electron chi connectivity index (χ4n) is 2.89. The molecule has 2 heterocycles. The molecule has 0 radical (unpaired) electrons. The molecule has 1 aliphatic rings. The van der Waals surface area contributed by atoms with Crippen LogP contribution in [0.25, 0.3) is 10.6 Å². The summed E-state index contributed by atoms with van der Waals surface area (Å²) in [4.78, 5) is 7.97. The van der Waals surface area contributed by atoms with Gasteiger partial charge in [0.15, 0.2) is 0 Å². The molecule has 0 amide bonds. The van der Waals surface area contributed by atoms with Crippen molar-refractivity contribution in [3.05, 3.63) is 40.9 Å². The van der Waals surface area contributed by atoms with E-state index in [1.165, 1.54) is 14.7 Å². The second-order valence-electron chi connectivity index (χ2n) is 6.63. The fraction of sp³-hybridized carbons (Fsp3) is 0.471. The topological polar surface area (TPSA) is 79.5 Å². The number of nitrogens with two attached hydrogens (primary N) is 1. The van der Waals surface area contributed by atoms with Crippen molar-refractivity contribution >= 4 is 21.5 Å². The maximum Gasteiger partial charge on any atom is 0.276 e. The van der Waals surface area contributed by atoms with E-state index in [4.69, 9.17) is 5.14 Å². The number of benzene rings is 1. The first-order valence-electron chi connectivity index (χ1n) is 8.38. The van der Waals surface area contributed by atoms with Crippen LogP contribution in [0.1, 0.15) is 30.2 Å². The number of rotatable bonds is 5. The predicted octanol–water partition coefficient (Wildman–Crippen LogP) is 2.25. The zero-order chi connectivity index (χ0) is 18.0. The van der Waals surface area contributed by atoms with Crippen molar-refractivity contribution in [2.75, 3.05) is 26.2 Å². The lowest BCUT2D eigenvalue weighted by Crippen LogP contribution is -2.50. The van der Waals surface area contributed by atoms with Gasteiger partial charge in [-0.05, 0) is 11.5 Å². The van der Waals surface area contributed by atoms with Gasteiger partial charge in [0.25, 0.3) is 10.2 Å². The molecule has 2 N–H and O–H groups in total. The van der Waals surface area contributed by atoms with E-state index in [9.17, 15) is 8.42 Å². The van der Waals surface area contributed by atoms with Crippen LogP contribution < -0.4 is 5.14 Å². The third-order valence-corrected chi connectivity index (χ3v) is 6.56. The highest BCUT2D eigenvalue weighted by molar-refractivity contribution is 7.86. The van der Waals surface area contributed by atoms with Gasteiger partial charge < -0.3 is 0 Å². The summed E-state index contributed by atoms with van der Waals surface area (Å²) in [5.74, 6) is 0.525. The van der Waals surface area contributed by atoms with Crippen molar-refractivity contribution in [1.29, 1.82) is 0 Å². The molecule has 8 heteroatoms. The third-order valence-electron chi connectivity index (χ3n) is 4.45. The SMILES string of the molecule is CC(C)c1ccc(-c2ncc(CN3CCN(S(N)(=O)=O)CC3)s2)cc1. The first-order chi connectivity index (χ1) is 11.8. The highest BCUT2D eigenvalue weighted by Gasteiger charge is 2.24. The Balaban J connectivity index is 1.61. The number of nitrogens with zero attached hydrogens (tertiary/aromatic N) is 3. The third kappa shape index (κ3) is 4.65. The van der Waals surface area contributed by atoms with Crippen LogP contribution in [0.5, 0.6) is 0 Å². The molecule has 0 spiro atoms. The molecule has 0 aliphatic carbocycles. The molecule has 0 saturated carbocycles. The Morgan fingerprint density at radius 2 is 1.80 bits per heavy atom. The summed E-state index contributed by atoms with van der Waals surface area (Å²) < 4.78 is 24.0. The molecule has 1 aromatic carbocycles. The van der Waals surface area contributed by atoms with E-state index in [1.807, 2.05) is 6.20 Å². The van der Waals surface area contributed by atoms with Gasteiger partial charge in [0.2, 0.25) is 0 Å². The van der Waals surface area contributed by atoms with Crippen LogP contribution in [0, 0.1) is 0 Å². The average molecular weight is 381 g/mol. The summed E-state index contributed by atoms with van der Waals surface area (Å²) in [6.07, 6.45) is 1.92. The highest BCUT2D eigenvalue weighted by Crippen LogP contribution is 2.27. The van der Waals surface area contributed by atoms with E-state index in [0.717, 1.165) is 17.1 Å². The second kappa shape index (κ2) is 7.51. The molecule has 25 heavy (non-hydrogen) atoms. The van der Waals surface area contributed by atoms with E-state index in [2.05, 4.69) is 48.0 Å². The van der Waals surface area contributed by atoms with E-state index >= 15 is 0 Å². The van der Waals surface area contributed by atoms with Gasteiger partial charge in [-0.25, -0.2) is 10.1 Å². The predicted molar refractivity (Wildman–Crippen MR) is 102 cm³/mol. The zero-order valence-electron chi connectivity index (χ0n) is 14.6. The minimum atomic E-state index is -3.57. The molecule has 3 rings (SSSR count). The number of thiazole rings is 1. The molecule has 0 unspecified atom stereocenters. The number of hydrogen-bond acceptors (Lipinski definition) is 5. The number of piperazine rings is 1. The largest absolute Gasteiger partial charge is 0.296 e. The highest BCUT2D eigenvalue weighted by atomic mass is 32.2. The van der Waals surface area contributed by atoms with Gasteiger partial charge in [0, 0.05) is 49.4 Å². The van der Waals surface area contributed by atoms with Crippen molar-refractivity contribution < 1.29 is 8.42 Å². The van der Waals surface area contributed by atoms with Crippen molar-refractivity contribution in [2.45, 2.75) is 26.3 Å². The van der Waals surface area contributed by atoms with Gasteiger partial charge in [-0.15, -0.1) is 11.3 Å². The van der Waals surface area contributed by atoms with Crippen molar-refractivity contribution in [1.82, 2.24) is 14.2 Å². The molecule has 1 saturated heterocycles. The van der Waals surface area contributed by atoms with Gasteiger partial charge in [0.1, 0.15) is 5.01 Å². The minimum absolute atomic E-state index is 0.446. The Morgan fingerprint density at radius 3 is 2.36 bits per heavy atom. The van der Waals surface area contributed by atoms with Gasteiger partial charge in [-0.3, -0.25) is 4.90 Å². The first-order valence-corrected chi connectivity index (χ1v) is 10.7. The molecule has 1 aromatic heterocycles. The van der Waals surface area contributed by atoms with Crippen LogP contribution in [0.4, 0.5) is 0 Å². The standard InChI is InChI=1S/C17H24N4O2S2/c1-13(2)14-3-5-15(6-4-14)17-19-11-16(24-17)12-20-7-9-21(10-8-20)25(18,22)23/h3-6,11,13H,7-10,12H2,1-2H3,(H2,18,22,23). The van der Waals surface area contributed by atoms with E-state index in [-0.39, 0.29) is 0 Å². The Hall–Kier alpha value is -1.32. The van der Waals surface area contributed by atoms with Crippen LogP contribution in [0.2, 0.25) is 0 Å². The quantitative estimate of drug-likeness (QED) is 0.863. The maximum absolute atomic E-state index is 11.4. The van der Waals surface area contributed by atoms with Gasteiger partial charge in [-0.2, -0.15) is 12.7 Å². The van der Waals surface area contributed by atoms with Gasteiger partial charge in [-0.1, -0.05) is 38.1 Å². The Morgan fingerprint density at radius 1 is 1.16 bits per heavy atom. The molecule has 136 valence electrons. The molecule has 2 aromatic rings. The number of aromatic nitrogens is 1. The van der Waals surface area contributed by atoms with Crippen molar-refractivity contribution in [2.24, 2.45) is 5.14 Å². The van der Waals surface area contributed by atoms with Crippen LogP contribution in [-0.2, 0) is 16.8 Å². The Labute approximate surface area is 153 Å². The average Bonchev–Trinajstić information content (AvgIpc) is 3.03. The Bertz CT molecular complexity index is 807. The summed E-state index contributed by atoms with van der Waals surface area (Å²) in [5, 5.41) is 6.20. The first kappa shape index (κ1) is 18.5. The lowest BCUT2D eigenvalue weighted by atomic mass is 10.0. The van der Waals surface area contributed by atoms with Crippen LogP contribution >= 0.6 is 11.3 Å². The Kier molecular flexibility index (Phi) is 5.55. The van der Waals surface area contributed by atoms with E-state index < -0.39 is 10.2 Å². The van der Waals surface area contributed by atoms with Crippen molar-refractivity contribution in [3.8, 4) is 10.6 Å². The molecular weight excluding hydrogens is 356 g/mol. The number of hydrogen-bond donors (Lipinski definition) is 1. The summed E-state index contributed by atoms with van der Waals surface area (Å²) >= 11 is 1.69. The zero-order valence-corrected chi connectivity index (χ0v) is 16.2. The van der Waals surface area contributed by atoms with Crippen LogP contribution in [0.3, 0.4) is 0 Å². The molecule has 0 atom stereocenters. The van der Waals surface area contributed by atoms with Crippen LogP contribution in [-0.4, -0.2) is 48.8 Å². The summed E-state index contributed by atoms with van der Waals surface area (Å²) in [7, 11) is -3.57. The van der Waals surface area contributed by atoms with Gasteiger partial charge >= 0.3 is 0 Å².